The highest BCUT2D eigenvalue weighted by Gasteiger charge is 2.70. The highest BCUT2D eigenvalue weighted by Crippen LogP contribution is 2.59. The fourth-order valence-electron chi connectivity index (χ4n) is 12.7. The lowest BCUT2D eigenvalue weighted by Crippen LogP contribution is -2.91. The third-order valence-electron chi connectivity index (χ3n) is 13.7. The Morgan fingerprint density at radius 3 is 1.57 bits per heavy atom. The van der Waals surface area contributed by atoms with Gasteiger partial charge in [-0.05, 0) is 100 Å². The average molecular weight is 563 g/mol. The van der Waals surface area contributed by atoms with Crippen molar-refractivity contribution in [2.75, 3.05) is 9.80 Å². The first-order valence-electron chi connectivity index (χ1n) is 17.6. The molecule has 0 N–H and O–H groups in total. The van der Waals surface area contributed by atoms with E-state index in [1.165, 1.54) is 82.0 Å². The second-order valence-corrected chi connectivity index (χ2v) is 15.1. The fraction of sp³-hybridized carbons (Fsp3) is 0.649. The van der Waals surface area contributed by atoms with Crippen LogP contribution in [0, 0.1) is 17.8 Å². The molecule has 8 fully saturated rings. The van der Waals surface area contributed by atoms with Gasteiger partial charge >= 0.3 is 0 Å². The molecule has 12 unspecified atom stereocenters. The maximum Gasteiger partial charge on any atom is 0.226 e. The van der Waals surface area contributed by atoms with E-state index in [4.69, 9.17) is 0 Å². The Balaban J connectivity index is 1.19. The van der Waals surface area contributed by atoms with E-state index in [9.17, 15) is 4.79 Å². The van der Waals surface area contributed by atoms with Gasteiger partial charge in [-0.3, -0.25) is 9.69 Å². The Bertz CT molecular complexity index is 1340. The van der Waals surface area contributed by atoms with E-state index in [0.29, 0.717) is 78.0 Å². The Labute approximate surface area is 251 Å². The molecule has 42 heavy (non-hydrogen) atoms. The highest BCUT2D eigenvalue weighted by atomic mass is 16.2. The summed E-state index contributed by atoms with van der Waals surface area (Å²) < 4.78 is 0. The van der Waals surface area contributed by atoms with Crippen LogP contribution in [0.3, 0.4) is 0 Å². The van der Waals surface area contributed by atoms with Crippen molar-refractivity contribution in [1.82, 2.24) is 9.80 Å². The molecule has 2 aromatic carbocycles. The van der Waals surface area contributed by atoms with Crippen molar-refractivity contribution in [3.8, 4) is 0 Å². The van der Waals surface area contributed by atoms with E-state index >= 15 is 0 Å². The van der Waals surface area contributed by atoms with Crippen molar-refractivity contribution >= 4 is 17.3 Å². The summed E-state index contributed by atoms with van der Waals surface area (Å²) in [6.07, 6.45) is 15.2. The zero-order valence-electron chi connectivity index (χ0n) is 24.9. The smallest absolute Gasteiger partial charge is 0.226 e. The van der Waals surface area contributed by atoms with Crippen LogP contribution in [-0.4, -0.2) is 70.1 Å². The van der Waals surface area contributed by atoms with Gasteiger partial charge in [-0.15, -0.1) is 0 Å². The van der Waals surface area contributed by atoms with Crippen molar-refractivity contribution in [3.63, 3.8) is 0 Å². The number of rotatable bonds is 2. The van der Waals surface area contributed by atoms with Gasteiger partial charge in [-0.25, -0.2) is 0 Å². The molecule has 0 radical (unpaired) electrons. The van der Waals surface area contributed by atoms with E-state index < -0.39 is 0 Å². The lowest BCUT2D eigenvalue weighted by atomic mass is 9.56. The third-order valence-corrected chi connectivity index (χ3v) is 13.7. The molecule has 220 valence electrons. The first-order valence-corrected chi connectivity index (χ1v) is 17.6. The number of para-hydroxylation sites is 2. The number of carbonyl (C=O) groups is 1. The molecule has 0 spiro atoms. The Hall–Kier alpha value is -2.53. The first kappa shape index (κ1) is 24.9. The van der Waals surface area contributed by atoms with E-state index in [-0.39, 0.29) is 0 Å². The molecule has 4 heterocycles. The summed E-state index contributed by atoms with van der Waals surface area (Å²) in [5.74, 6) is 2.18. The second-order valence-electron chi connectivity index (χ2n) is 15.1. The summed E-state index contributed by atoms with van der Waals surface area (Å²) in [4.78, 5) is 26.5. The maximum absolute atomic E-state index is 14.8. The molecule has 8 aliphatic rings. The van der Waals surface area contributed by atoms with Crippen molar-refractivity contribution in [3.05, 3.63) is 60.7 Å². The molecule has 5 heteroatoms. The van der Waals surface area contributed by atoms with Gasteiger partial charge < -0.3 is 14.7 Å². The molecular weight excluding hydrogens is 516 g/mol. The maximum atomic E-state index is 14.8. The number of piperazine rings is 3. The normalized spacial score (nSPS) is 45.2. The number of benzene rings is 2. The van der Waals surface area contributed by atoms with Gasteiger partial charge in [0.25, 0.3) is 0 Å². The number of fused-ring (bicyclic) bond motifs is 3. The summed E-state index contributed by atoms with van der Waals surface area (Å²) in [5.41, 5.74) is 2.84. The number of carbonyl (C=O) groups excluding carboxylic acids is 1. The molecule has 5 nitrogen and oxygen atoms in total. The molecule has 2 aromatic rings. The molecule has 0 aromatic heterocycles. The van der Waals surface area contributed by atoms with Gasteiger partial charge in [0.05, 0.1) is 24.2 Å². The predicted octanol–water partition coefficient (Wildman–Crippen LogP) is 6.09. The number of hydrogen-bond acceptors (Lipinski definition) is 4. The number of piperidine rings is 1. The molecule has 4 saturated heterocycles. The minimum atomic E-state index is 0.293. The standard InChI is InChI=1S/C37H46N4O/c42-37-27-16-8-7-15-25(27)26-21-22-32-36-33(26)40(37)31-20-10-19-30-35(31)41(36)34-28(38(30)23-11-3-1-4-12-23)17-9-18-29(34)39(32)24-13-5-2-6-14-24/h1-6,11-14,25-36H,7-10,15-22H2. The predicted molar refractivity (Wildman–Crippen MR) is 166 cm³/mol. The minimum absolute atomic E-state index is 0.293. The zero-order chi connectivity index (χ0) is 27.5. The van der Waals surface area contributed by atoms with E-state index in [1.54, 1.807) is 0 Å². The Morgan fingerprint density at radius 2 is 0.976 bits per heavy atom. The largest absolute Gasteiger partial charge is 0.362 e. The minimum Gasteiger partial charge on any atom is -0.362 e. The summed E-state index contributed by atoms with van der Waals surface area (Å²) in [5, 5.41) is 0. The van der Waals surface area contributed by atoms with Gasteiger partial charge in [0, 0.05) is 47.5 Å². The van der Waals surface area contributed by atoms with Crippen LogP contribution in [0.4, 0.5) is 11.4 Å². The van der Waals surface area contributed by atoms with Crippen LogP contribution in [0.5, 0.6) is 0 Å². The number of hydrogen-bond donors (Lipinski definition) is 0. The van der Waals surface area contributed by atoms with Crippen LogP contribution in [-0.2, 0) is 4.79 Å². The van der Waals surface area contributed by atoms with Gasteiger partial charge in [-0.1, -0.05) is 49.2 Å². The van der Waals surface area contributed by atoms with Crippen molar-refractivity contribution in [1.29, 1.82) is 0 Å². The van der Waals surface area contributed by atoms with E-state index in [2.05, 4.69) is 80.3 Å². The third kappa shape index (κ3) is 3.17. The van der Waals surface area contributed by atoms with Gasteiger partial charge in [0.2, 0.25) is 5.91 Å². The molecule has 4 aliphatic heterocycles. The summed E-state index contributed by atoms with van der Waals surface area (Å²) in [7, 11) is 0. The highest BCUT2D eigenvalue weighted by molar-refractivity contribution is 5.82. The van der Waals surface area contributed by atoms with Gasteiger partial charge in [0.1, 0.15) is 0 Å². The lowest BCUT2D eigenvalue weighted by molar-refractivity contribution is -0.211. The van der Waals surface area contributed by atoms with E-state index in [1.807, 2.05) is 0 Å². The SMILES string of the molecule is O=C1C2CCCCC2C2CCC3C4C2N1C1CCCC2C1N4C1C(CCCC1N3c1ccccc1)N2c1ccccc1. The monoisotopic (exact) mass is 562 g/mol. The Morgan fingerprint density at radius 1 is 0.452 bits per heavy atom. The number of anilines is 2. The fourth-order valence-corrected chi connectivity index (χ4v) is 12.7. The van der Waals surface area contributed by atoms with Crippen LogP contribution in [0.2, 0.25) is 0 Å². The molecule has 10 rings (SSSR count). The molecule has 0 bridgehead atoms. The molecular formula is C37H46N4O. The quantitative estimate of drug-likeness (QED) is 0.444. The van der Waals surface area contributed by atoms with Crippen molar-refractivity contribution in [2.45, 2.75) is 131 Å². The summed E-state index contributed by atoms with van der Waals surface area (Å²) >= 11 is 0. The van der Waals surface area contributed by atoms with Gasteiger partial charge in [0.15, 0.2) is 0 Å². The van der Waals surface area contributed by atoms with Crippen molar-refractivity contribution in [2.24, 2.45) is 17.8 Å². The van der Waals surface area contributed by atoms with Crippen LogP contribution in [0.1, 0.15) is 77.0 Å². The second kappa shape index (κ2) is 9.24. The van der Waals surface area contributed by atoms with Crippen LogP contribution in [0.15, 0.2) is 60.7 Å². The summed E-state index contributed by atoms with van der Waals surface area (Å²) in [6, 6.07) is 27.3. The molecule has 4 saturated carbocycles. The number of amides is 1. The average Bonchev–Trinajstić information content (AvgIpc) is 3.05. The van der Waals surface area contributed by atoms with E-state index in [0.717, 1.165) is 6.42 Å². The first-order chi connectivity index (χ1) is 20.8. The topological polar surface area (TPSA) is 30.0 Å². The lowest BCUT2D eigenvalue weighted by Gasteiger charge is -2.77. The molecule has 12 atom stereocenters. The Kier molecular flexibility index (Phi) is 5.47. The van der Waals surface area contributed by atoms with Gasteiger partial charge in [-0.2, -0.15) is 0 Å². The van der Waals surface area contributed by atoms with Crippen molar-refractivity contribution < 1.29 is 4.79 Å². The number of nitrogens with zero attached hydrogens (tertiary/aromatic N) is 4. The summed E-state index contributed by atoms with van der Waals surface area (Å²) in [6.45, 7) is 0. The van der Waals surface area contributed by atoms with Crippen LogP contribution < -0.4 is 9.80 Å². The zero-order valence-corrected chi connectivity index (χ0v) is 24.9. The molecule has 1 amide bonds. The van der Waals surface area contributed by atoms with Crippen LogP contribution >= 0.6 is 0 Å². The van der Waals surface area contributed by atoms with Crippen LogP contribution in [0.25, 0.3) is 0 Å². The molecule has 4 aliphatic carbocycles.